The summed E-state index contributed by atoms with van der Waals surface area (Å²) in [5.41, 5.74) is 0.677. The molecule has 1 aromatic carbocycles. The van der Waals surface area contributed by atoms with Gasteiger partial charge < -0.3 is 0 Å². The Bertz CT molecular complexity index is 375. The number of Topliss-reactive ketones (excluding diaryl/α,β-unsaturated/α-hetero) is 1. The van der Waals surface area contributed by atoms with E-state index in [1.54, 1.807) is 13.0 Å². The first kappa shape index (κ1) is 17.5. The SMILES string of the molecule is CC.CC.CC(=O)C1(c2cc(Cl)cc(Cl)c2)CC1. The summed E-state index contributed by atoms with van der Waals surface area (Å²) in [5, 5.41) is 1.19. The van der Waals surface area contributed by atoms with Gasteiger partial charge >= 0.3 is 0 Å². The van der Waals surface area contributed by atoms with Gasteiger partial charge in [-0.2, -0.15) is 0 Å². The van der Waals surface area contributed by atoms with Crippen LogP contribution in [-0.2, 0) is 10.2 Å². The lowest BCUT2D eigenvalue weighted by molar-refractivity contribution is -0.119. The van der Waals surface area contributed by atoms with Crippen LogP contribution in [0, 0.1) is 0 Å². The van der Waals surface area contributed by atoms with Crippen LogP contribution in [0.2, 0.25) is 10.0 Å². The fourth-order valence-corrected chi connectivity index (χ4v) is 2.33. The summed E-state index contributed by atoms with van der Waals surface area (Å²) in [5.74, 6) is 0.204. The highest BCUT2D eigenvalue weighted by Crippen LogP contribution is 2.49. The summed E-state index contributed by atoms with van der Waals surface area (Å²) < 4.78 is 0. The van der Waals surface area contributed by atoms with Crippen LogP contribution >= 0.6 is 23.2 Å². The fourth-order valence-electron chi connectivity index (χ4n) is 1.80. The third-order valence-electron chi connectivity index (χ3n) is 2.84. The molecule has 0 aromatic heterocycles. The molecule has 0 amide bonds. The molecule has 0 radical (unpaired) electrons. The van der Waals surface area contributed by atoms with Gasteiger partial charge in [0.05, 0.1) is 5.41 Å². The molecule has 1 aromatic rings. The predicted molar refractivity (Wildman–Crippen MR) is 80.8 cm³/mol. The minimum atomic E-state index is -0.283. The van der Waals surface area contributed by atoms with Crippen molar-refractivity contribution in [3.63, 3.8) is 0 Å². The lowest BCUT2D eigenvalue weighted by Gasteiger charge is -2.12. The van der Waals surface area contributed by atoms with Gasteiger partial charge in [0.25, 0.3) is 0 Å². The molecule has 1 saturated carbocycles. The van der Waals surface area contributed by atoms with E-state index in [0.29, 0.717) is 10.0 Å². The van der Waals surface area contributed by atoms with Crippen LogP contribution in [0.15, 0.2) is 18.2 Å². The maximum absolute atomic E-state index is 11.5. The molecule has 0 saturated heterocycles. The third-order valence-corrected chi connectivity index (χ3v) is 3.28. The standard InChI is InChI=1S/C11H10Cl2O.2C2H6/c1-7(14)11(2-3-11)8-4-9(12)6-10(13)5-8;2*1-2/h4-6H,2-3H2,1H3;2*1-2H3. The molecule has 1 aliphatic carbocycles. The van der Waals surface area contributed by atoms with Crippen LogP contribution in [0.1, 0.15) is 53.0 Å². The number of ketones is 1. The molecule has 3 heteroatoms. The van der Waals surface area contributed by atoms with Gasteiger partial charge in [0.1, 0.15) is 5.78 Å². The Morgan fingerprint density at radius 3 is 1.67 bits per heavy atom. The maximum atomic E-state index is 11.5. The smallest absolute Gasteiger partial charge is 0.140 e. The van der Waals surface area contributed by atoms with Gasteiger partial charge in [0.15, 0.2) is 0 Å². The molecule has 18 heavy (non-hydrogen) atoms. The number of carbonyl (C=O) groups is 1. The Kier molecular flexibility index (Phi) is 7.58. The van der Waals surface area contributed by atoms with Crippen molar-refractivity contribution in [1.29, 1.82) is 0 Å². The number of hydrogen-bond acceptors (Lipinski definition) is 1. The van der Waals surface area contributed by atoms with E-state index in [1.807, 2.05) is 39.8 Å². The van der Waals surface area contributed by atoms with E-state index < -0.39 is 0 Å². The number of rotatable bonds is 2. The molecular formula is C15H22Cl2O. The van der Waals surface area contributed by atoms with Crippen molar-refractivity contribution in [3.8, 4) is 0 Å². The molecule has 0 unspecified atom stereocenters. The number of hydrogen-bond donors (Lipinski definition) is 0. The first-order valence-electron chi connectivity index (χ1n) is 6.52. The summed E-state index contributed by atoms with van der Waals surface area (Å²) in [6, 6.07) is 5.35. The van der Waals surface area contributed by atoms with Crippen LogP contribution in [0.4, 0.5) is 0 Å². The molecule has 0 atom stereocenters. The van der Waals surface area contributed by atoms with Gasteiger partial charge in [-0.15, -0.1) is 0 Å². The van der Waals surface area contributed by atoms with Crippen molar-refractivity contribution >= 4 is 29.0 Å². The molecule has 102 valence electrons. The Labute approximate surface area is 120 Å². The topological polar surface area (TPSA) is 17.1 Å². The second kappa shape index (κ2) is 7.81. The molecule has 1 fully saturated rings. The quantitative estimate of drug-likeness (QED) is 0.686. The van der Waals surface area contributed by atoms with E-state index in [-0.39, 0.29) is 11.2 Å². The van der Waals surface area contributed by atoms with E-state index in [4.69, 9.17) is 23.2 Å². The van der Waals surface area contributed by atoms with Gasteiger partial charge in [0, 0.05) is 10.0 Å². The van der Waals surface area contributed by atoms with Crippen LogP contribution in [0.3, 0.4) is 0 Å². The number of halogens is 2. The van der Waals surface area contributed by atoms with Crippen LogP contribution in [0.5, 0.6) is 0 Å². The van der Waals surface area contributed by atoms with Crippen molar-refractivity contribution in [3.05, 3.63) is 33.8 Å². The Morgan fingerprint density at radius 2 is 1.39 bits per heavy atom. The molecule has 1 nitrogen and oxygen atoms in total. The average Bonchev–Trinajstić information content (AvgIpc) is 3.14. The van der Waals surface area contributed by atoms with E-state index in [9.17, 15) is 4.79 Å². The summed E-state index contributed by atoms with van der Waals surface area (Å²) in [7, 11) is 0. The van der Waals surface area contributed by atoms with E-state index in [0.717, 1.165) is 18.4 Å². The Balaban J connectivity index is 0.000000659. The highest BCUT2D eigenvalue weighted by molar-refractivity contribution is 6.34. The lowest BCUT2D eigenvalue weighted by Crippen LogP contribution is -2.16. The lowest BCUT2D eigenvalue weighted by atomic mass is 9.92. The molecule has 0 heterocycles. The maximum Gasteiger partial charge on any atom is 0.140 e. The van der Waals surface area contributed by atoms with E-state index >= 15 is 0 Å². The minimum Gasteiger partial charge on any atom is -0.299 e. The zero-order chi connectivity index (χ0) is 14.3. The van der Waals surface area contributed by atoms with Crippen molar-refractivity contribution in [2.75, 3.05) is 0 Å². The summed E-state index contributed by atoms with van der Waals surface area (Å²) in [4.78, 5) is 11.5. The van der Waals surface area contributed by atoms with Gasteiger partial charge in [-0.05, 0) is 43.5 Å². The minimum absolute atomic E-state index is 0.204. The van der Waals surface area contributed by atoms with Gasteiger partial charge in [0.2, 0.25) is 0 Å². The van der Waals surface area contributed by atoms with E-state index in [2.05, 4.69) is 0 Å². The molecule has 0 bridgehead atoms. The second-order valence-electron chi connectivity index (χ2n) is 3.80. The first-order valence-corrected chi connectivity index (χ1v) is 7.28. The van der Waals surface area contributed by atoms with Crippen molar-refractivity contribution in [2.24, 2.45) is 0 Å². The molecular weight excluding hydrogens is 267 g/mol. The predicted octanol–water partition coefficient (Wildman–Crippen LogP) is 5.67. The van der Waals surface area contributed by atoms with Crippen LogP contribution < -0.4 is 0 Å². The number of benzene rings is 1. The second-order valence-corrected chi connectivity index (χ2v) is 4.67. The largest absolute Gasteiger partial charge is 0.299 e. The monoisotopic (exact) mass is 288 g/mol. The molecule has 0 N–H and O–H groups in total. The van der Waals surface area contributed by atoms with Crippen LogP contribution in [0.25, 0.3) is 0 Å². The van der Waals surface area contributed by atoms with Gasteiger partial charge in [-0.1, -0.05) is 50.9 Å². The van der Waals surface area contributed by atoms with Gasteiger partial charge in [-0.3, -0.25) is 4.79 Å². The third kappa shape index (κ3) is 4.00. The highest BCUT2D eigenvalue weighted by Gasteiger charge is 2.48. The summed E-state index contributed by atoms with van der Waals surface area (Å²) >= 11 is 11.8. The van der Waals surface area contributed by atoms with Crippen LogP contribution in [-0.4, -0.2) is 5.78 Å². The molecule has 0 aliphatic heterocycles. The first-order chi connectivity index (χ1) is 8.54. The highest BCUT2D eigenvalue weighted by atomic mass is 35.5. The fraction of sp³-hybridized carbons (Fsp3) is 0.533. The normalized spacial score (nSPS) is 14.6. The summed E-state index contributed by atoms with van der Waals surface area (Å²) in [6.45, 7) is 9.63. The van der Waals surface area contributed by atoms with Crippen molar-refractivity contribution < 1.29 is 4.79 Å². The average molecular weight is 289 g/mol. The zero-order valence-corrected chi connectivity index (χ0v) is 13.3. The zero-order valence-electron chi connectivity index (χ0n) is 11.8. The van der Waals surface area contributed by atoms with E-state index in [1.165, 1.54) is 0 Å². The Hall–Kier alpha value is -0.530. The summed E-state index contributed by atoms with van der Waals surface area (Å²) in [6.07, 6.45) is 1.83. The molecule has 0 spiro atoms. The Morgan fingerprint density at radius 1 is 1.00 bits per heavy atom. The number of carbonyl (C=O) groups excluding carboxylic acids is 1. The van der Waals surface area contributed by atoms with Gasteiger partial charge in [-0.25, -0.2) is 0 Å². The molecule has 1 aliphatic rings. The van der Waals surface area contributed by atoms with Crippen molar-refractivity contribution in [1.82, 2.24) is 0 Å². The van der Waals surface area contributed by atoms with Crippen molar-refractivity contribution in [2.45, 2.75) is 52.9 Å². The molecule has 2 rings (SSSR count).